The predicted octanol–water partition coefficient (Wildman–Crippen LogP) is 1.24. The van der Waals surface area contributed by atoms with Gasteiger partial charge in [-0.2, -0.15) is 0 Å². The standard InChI is InChI=1S/C19H31N3O5/c1-19(2,3)27-18(25)22-9-5-7-15(22)17(24)21-8-4-6-14(21)16(23)20-10-12-26-13-11-20/h14-15H,4-13H2,1-3H3. The normalized spacial score (nSPS) is 26.4. The van der Waals surface area contributed by atoms with Crippen molar-refractivity contribution in [3.05, 3.63) is 0 Å². The Kier molecular flexibility index (Phi) is 5.93. The number of carbonyl (C=O) groups excluding carboxylic acids is 3. The molecule has 8 heteroatoms. The molecule has 0 radical (unpaired) electrons. The summed E-state index contributed by atoms with van der Waals surface area (Å²) in [4.78, 5) is 43.6. The number of hydrogen-bond acceptors (Lipinski definition) is 5. The van der Waals surface area contributed by atoms with Crippen molar-refractivity contribution in [1.82, 2.24) is 14.7 Å². The molecule has 0 bridgehead atoms. The van der Waals surface area contributed by atoms with Crippen LogP contribution in [0, 0.1) is 0 Å². The first-order valence-electron chi connectivity index (χ1n) is 9.94. The Morgan fingerprint density at radius 2 is 1.41 bits per heavy atom. The molecule has 0 saturated carbocycles. The van der Waals surface area contributed by atoms with Gasteiger partial charge in [0.2, 0.25) is 11.8 Å². The second-order valence-corrected chi connectivity index (χ2v) is 8.46. The maximum Gasteiger partial charge on any atom is 0.410 e. The fourth-order valence-corrected chi connectivity index (χ4v) is 4.04. The van der Waals surface area contributed by atoms with Gasteiger partial charge in [-0.1, -0.05) is 0 Å². The van der Waals surface area contributed by atoms with Crippen molar-refractivity contribution in [1.29, 1.82) is 0 Å². The molecule has 2 atom stereocenters. The number of rotatable bonds is 2. The maximum absolute atomic E-state index is 13.2. The van der Waals surface area contributed by atoms with Crippen LogP contribution < -0.4 is 0 Å². The minimum Gasteiger partial charge on any atom is -0.444 e. The van der Waals surface area contributed by atoms with Crippen LogP contribution in [-0.4, -0.2) is 89.7 Å². The second kappa shape index (κ2) is 8.04. The number of amides is 3. The monoisotopic (exact) mass is 381 g/mol. The van der Waals surface area contributed by atoms with E-state index < -0.39 is 23.8 Å². The molecule has 0 aliphatic carbocycles. The molecule has 3 amide bonds. The number of morpholine rings is 1. The summed E-state index contributed by atoms with van der Waals surface area (Å²) in [5, 5.41) is 0. The van der Waals surface area contributed by atoms with Crippen LogP contribution >= 0.6 is 0 Å². The average Bonchev–Trinajstić information content (AvgIpc) is 3.29. The maximum atomic E-state index is 13.2. The van der Waals surface area contributed by atoms with Gasteiger partial charge in [-0.25, -0.2) is 4.79 Å². The molecule has 0 aromatic heterocycles. The van der Waals surface area contributed by atoms with Gasteiger partial charge < -0.3 is 19.3 Å². The fourth-order valence-electron chi connectivity index (χ4n) is 4.04. The minimum absolute atomic E-state index is 0.00552. The Bertz CT molecular complexity index is 582. The molecule has 2 unspecified atom stereocenters. The SMILES string of the molecule is CC(C)(C)OC(=O)N1CCCC1C(=O)N1CCCC1C(=O)N1CCOCC1. The van der Waals surface area contributed by atoms with E-state index in [1.54, 1.807) is 9.80 Å². The number of carbonyl (C=O) groups is 3. The van der Waals surface area contributed by atoms with Crippen LogP contribution in [0.3, 0.4) is 0 Å². The molecule has 8 nitrogen and oxygen atoms in total. The summed E-state index contributed by atoms with van der Waals surface area (Å²) >= 11 is 0. The first-order chi connectivity index (χ1) is 12.8. The van der Waals surface area contributed by atoms with Crippen molar-refractivity contribution in [2.24, 2.45) is 0 Å². The first-order valence-corrected chi connectivity index (χ1v) is 9.94. The summed E-state index contributed by atoms with van der Waals surface area (Å²) in [5.41, 5.74) is -0.601. The van der Waals surface area contributed by atoms with Crippen LogP contribution in [0.25, 0.3) is 0 Å². The van der Waals surface area contributed by atoms with Crippen LogP contribution in [0.4, 0.5) is 4.79 Å². The highest BCUT2D eigenvalue weighted by Gasteiger charge is 2.44. The predicted molar refractivity (Wildman–Crippen MR) is 98.1 cm³/mol. The van der Waals surface area contributed by atoms with Crippen LogP contribution in [0.5, 0.6) is 0 Å². The second-order valence-electron chi connectivity index (χ2n) is 8.46. The van der Waals surface area contributed by atoms with Crippen molar-refractivity contribution in [3.63, 3.8) is 0 Å². The van der Waals surface area contributed by atoms with Gasteiger partial charge in [0.1, 0.15) is 17.7 Å². The van der Waals surface area contributed by atoms with Crippen LogP contribution in [0.15, 0.2) is 0 Å². The number of likely N-dealkylation sites (tertiary alicyclic amines) is 2. The summed E-state index contributed by atoms with van der Waals surface area (Å²) in [6.07, 6.45) is 2.43. The van der Waals surface area contributed by atoms with Crippen molar-refractivity contribution < 1.29 is 23.9 Å². The van der Waals surface area contributed by atoms with Gasteiger partial charge in [0.15, 0.2) is 0 Å². The summed E-state index contributed by atoms with van der Waals surface area (Å²) < 4.78 is 10.8. The topological polar surface area (TPSA) is 79.4 Å². The molecule has 27 heavy (non-hydrogen) atoms. The lowest BCUT2D eigenvalue weighted by Crippen LogP contribution is -2.55. The first kappa shape index (κ1) is 19.9. The van der Waals surface area contributed by atoms with Gasteiger partial charge in [0, 0.05) is 26.2 Å². The Labute approximate surface area is 160 Å². The van der Waals surface area contributed by atoms with Gasteiger partial charge >= 0.3 is 6.09 Å². The number of ether oxygens (including phenoxy) is 2. The van der Waals surface area contributed by atoms with E-state index in [0.29, 0.717) is 52.2 Å². The van der Waals surface area contributed by atoms with E-state index in [1.807, 2.05) is 20.8 Å². The summed E-state index contributed by atoms with van der Waals surface area (Å²) in [6, 6.07) is -0.949. The van der Waals surface area contributed by atoms with E-state index in [1.165, 1.54) is 4.90 Å². The third-order valence-electron chi connectivity index (χ3n) is 5.31. The van der Waals surface area contributed by atoms with E-state index >= 15 is 0 Å². The molecule has 0 N–H and O–H groups in total. The zero-order chi connectivity index (χ0) is 19.6. The van der Waals surface area contributed by atoms with E-state index in [9.17, 15) is 14.4 Å². The van der Waals surface area contributed by atoms with Crippen molar-refractivity contribution in [2.75, 3.05) is 39.4 Å². The summed E-state index contributed by atoms with van der Waals surface area (Å²) in [7, 11) is 0. The molecule has 3 aliphatic rings. The van der Waals surface area contributed by atoms with Crippen molar-refractivity contribution >= 4 is 17.9 Å². The Balaban J connectivity index is 1.67. The lowest BCUT2D eigenvalue weighted by atomic mass is 10.1. The Hall–Kier alpha value is -1.83. The Morgan fingerprint density at radius 3 is 2.00 bits per heavy atom. The van der Waals surface area contributed by atoms with Crippen molar-refractivity contribution in [3.8, 4) is 0 Å². The lowest BCUT2D eigenvalue weighted by molar-refractivity contribution is -0.148. The van der Waals surface area contributed by atoms with Crippen molar-refractivity contribution in [2.45, 2.75) is 64.1 Å². The molecule has 152 valence electrons. The molecule has 3 rings (SSSR count). The Morgan fingerprint density at radius 1 is 0.852 bits per heavy atom. The van der Waals surface area contributed by atoms with Gasteiger partial charge in [-0.3, -0.25) is 14.5 Å². The zero-order valence-electron chi connectivity index (χ0n) is 16.6. The molecular weight excluding hydrogens is 350 g/mol. The van der Waals surface area contributed by atoms with Crippen LogP contribution in [0.1, 0.15) is 46.5 Å². The summed E-state index contributed by atoms with van der Waals surface area (Å²) in [5.74, 6) is -0.117. The highest BCUT2D eigenvalue weighted by molar-refractivity contribution is 5.92. The van der Waals surface area contributed by atoms with Gasteiger partial charge in [0.05, 0.1) is 13.2 Å². The minimum atomic E-state index is -0.601. The van der Waals surface area contributed by atoms with Gasteiger partial charge in [-0.05, 0) is 46.5 Å². The fraction of sp³-hybridized carbons (Fsp3) is 0.842. The molecular formula is C19H31N3O5. The smallest absolute Gasteiger partial charge is 0.410 e. The van der Waals surface area contributed by atoms with Gasteiger partial charge in [0.25, 0.3) is 0 Å². The third-order valence-corrected chi connectivity index (χ3v) is 5.31. The van der Waals surface area contributed by atoms with Gasteiger partial charge in [-0.15, -0.1) is 0 Å². The molecule has 0 spiro atoms. The molecule has 0 aromatic carbocycles. The van der Waals surface area contributed by atoms with E-state index in [-0.39, 0.29) is 11.8 Å². The largest absolute Gasteiger partial charge is 0.444 e. The van der Waals surface area contributed by atoms with E-state index in [2.05, 4.69) is 0 Å². The molecule has 3 saturated heterocycles. The average molecular weight is 381 g/mol. The quantitative estimate of drug-likeness (QED) is 0.719. The highest BCUT2D eigenvalue weighted by atomic mass is 16.6. The molecule has 3 fully saturated rings. The third kappa shape index (κ3) is 4.54. The molecule has 0 aromatic rings. The number of hydrogen-bond donors (Lipinski definition) is 0. The van der Waals surface area contributed by atoms with E-state index in [0.717, 1.165) is 12.8 Å². The summed E-state index contributed by atoms with van der Waals surface area (Å²) in [6.45, 7) is 8.76. The lowest BCUT2D eigenvalue weighted by Gasteiger charge is -2.35. The van der Waals surface area contributed by atoms with Crippen LogP contribution in [-0.2, 0) is 19.1 Å². The molecule has 3 heterocycles. The van der Waals surface area contributed by atoms with Crippen LogP contribution in [0.2, 0.25) is 0 Å². The molecule has 3 aliphatic heterocycles. The number of nitrogens with zero attached hydrogens (tertiary/aromatic N) is 3. The zero-order valence-corrected chi connectivity index (χ0v) is 16.6. The highest BCUT2D eigenvalue weighted by Crippen LogP contribution is 2.27. The van der Waals surface area contributed by atoms with E-state index in [4.69, 9.17) is 9.47 Å².